The number of methoxy groups -OCH3 is 6. The van der Waals surface area contributed by atoms with Crippen LogP contribution in [0.3, 0.4) is 0 Å². The fourth-order valence-electron chi connectivity index (χ4n) is 4.83. The number of amides is 1. The zero-order valence-corrected chi connectivity index (χ0v) is 24.8. The molecule has 1 heterocycles. The standard InChI is InChI=1S/C30H41NO10/c1-34-23-16-20(17-24(35-2)27(23)38-5)12-8-7-11-15-40-29(32)22-13-9-10-14-31(22)30(33)41-21-18-25(36-3)28(39-6)26(19-21)37-4/h16-19,22H,7-15H2,1-6H3. The highest BCUT2D eigenvalue weighted by atomic mass is 16.6. The Bertz CT molecular complexity index is 1120. The van der Waals surface area contributed by atoms with Crippen molar-refractivity contribution in [2.45, 2.75) is 51.0 Å². The van der Waals surface area contributed by atoms with Crippen molar-refractivity contribution in [2.24, 2.45) is 0 Å². The van der Waals surface area contributed by atoms with E-state index >= 15 is 0 Å². The number of esters is 1. The maximum atomic E-state index is 13.1. The van der Waals surface area contributed by atoms with Gasteiger partial charge in [-0.1, -0.05) is 0 Å². The molecule has 0 saturated carbocycles. The zero-order chi connectivity index (χ0) is 29.8. The number of carbonyl (C=O) groups excluding carboxylic acids is 2. The SMILES string of the molecule is COc1cc(CCCCCOC(=O)C2CCCCN2C(=O)Oc2cc(OC)c(OC)c(OC)c2)cc(OC)c1OC. The van der Waals surface area contributed by atoms with E-state index in [1.165, 1.54) is 38.4 Å². The van der Waals surface area contributed by atoms with Gasteiger partial charge in [0, 0.05) is 18.7 Å². The Morgan fingerprint density at radius 3 is 1.83 bits per heavy atom. The van der Waals surface area contributed by atoms with Gasteiger partial charge in [0.2, 0.25) is 11.5 Å². The largest absolute Gasteiger partial charge is 0.493 e. The lowest BCUT2D eigenvalue weighted by Gasteiger charge is -2.33. The summed E-state index contributed by atoms with van der Waals surface area (Å²) < 4.78 is 43.4. The predicted molar refractivity (Wildman–Crippen MR) is 151 cm³/mol. The third-order valence-electron chi connectivity index (χ3n) is 6.93. The molecule has 3 rings (SSSR count). The predicted octanol–water partition coefficient (Wildman–Crippen LogP) is 5.05. The summed E-state index contributed by atoms with van der Waals surface area (Å²) in [5, 5.41) is 0. The van der Waals surface area contributed by atoms with Crippen LogP contribution in [0.5, 0.6) is 40.2 Å². The van der Waals surface area contributed by atoms with E-state index < -0.39 is 18.1 Å². The first-order valence-corrected chi connectivity index (χ1v) is 13.6. The monoisotopic (exact) mass is 575 g/mol. The maximum Gasteiger partial charge on any atom is 0.415 e. The number of nitrogens with zero attached hydrogens (tertiary/aromatic N) is 1. The number of hydrogen-bond acceptors (Lipinski definition) is 10. The van der Waals surface area contributed by atoms with Gasteiger partial charge in [0.15, 0.2) is 23.0 Å². The minimum absolute atomic E-state index is 0.217. The van der Waals surface area contributed by atoms with E-state index in [-0.39, 0.29) is 12.4 Å². The molecule has 0 aliphatic carbocycles. The number of carbonyl (C=O) groups is 2. The van der Waals surface area contributed by atoms with E-state index in [1.807, 2.05) is 12.1 Å². The molecule has 1 atom stereocenters. The highest BCUT2D eigenvalue weighted by molar-refractivity contribution is 5.82. The Morgan fingerprint density at radius 2 is 1.29 bits per heavy atom. The molecule has 0 bridgehead atoms. The second-order valence-corrected chi connectivity index (χ2v) is 9.45. The Morgan fingerprint density at radius 1 is 0.732 bits per heavy atom. The fraction of sp³-hybridized carbons (Fsp3) is 0.533. The topological polar surface area (TPSA) is 111 Å². The zero-order valence-electron chi connectivity index (χ0n) is 24.8. The molecule has 11 nitrogen and oxygen atoms in total. The van der Waals surface area contributed by atoms with Gasteiger partial charge >= 0.3 is 12.1 Å². The molecule has 0 spiro atoms. The summed E-state index contributed by atoms with van der Waals surface area (Å²) in [6.45, 7) is 0.679. The number of rotatable bonds is 14. The van der Waals surface area contributed by atoms with Crippen molar-refractivity contribution in [1.29, 1.82) is 0 Å². The van der Waals surface area contributed by atoms with Crippen molar-refractivity contribution in [1.82, 2.24) is 4.90 Å². The molecular formula is C30H41NO10. The van der Waals surface area contributed by atoms with Crippen LogP contribution in [-0.2, 0) is 16.0 Å². The average Bonchev–Trinajstić information content (AvgIpc) is 3.01. The molecule has 2 aromatic rings. The first-order chi connectivity index (χ1) is 19.9. The molecule has 0 aromatic heterocycles. The number of benzene rings is 2. The molecule has 1 saturated heterocycles. The van der Waals surface area contributed by atoms with E-state index in [9.17, 15) is 9.59 Å². The van der Waals surface area contributed by atoms with Crippen LogP contribution < -0.4 is 33.2 Å². The van der Waals surface area contributed by atoms with Gasteiger partial charge in [0.25, 0.3) is 0 Å². The fourth-order valence-corrected chi connectivity index (χ4v) is 4.83. The first kappa shape index (κ1) is 31.5. The van der Waals surface area contributed by atoms with Crippen molar-refractivity contribution in [2.75, 3.05) is 55.8 Å². The van der Waals surface area contributed by atoms with E-state index in [2.05, 4.69) is 0 Å². The Balaban J connectivity index is 1.51. The third-order valence-corrected chi connectivity index (χ3v) is 6.93. The summed E-state index contributed by atoms with van der Waals surface area (Å²) in [6.07, 6.45) is 4.76. The highest BCUT2D eigenvalue weighted by Gasteiger charge is 2.35. The van der Waals surface area contributed by atoms with Gasteiger partial charge in [-0.2, -0.15) is 0 Å². The smallest absolute Gasteiger partial charge is 0.415 e. The maximum absolute atomic E-state index is 13.1. The quantitative estimate of drug-likeness (QED) is 0.224. The summed E-state index contributed by atoms with van der Waals surface area (Å²) >= 11 is 0. The van der Waals surface area contributed by atoms with Crippen LogP contribution in [0.1, 0.15) is 44.1 Å². The molecule has 41 heavy (non-hydrogen) atoms. The molecule has 11 heteroatoms. The van der Waals surface area contributed by atoms with Crippen molar-refractivity contribution >= 4 is 12.1 Å². The van der Waals surface area contributed by atoms with Crippen molar-refractivity contribution < 1.29 is 47.5 Å². The molecule has 0 radical (unpaired) electrons. The van der Waals surface area contributed by atoms with Crippen LogP contribution >= 0.6 is 0 Å². The lowest BCUT2D eigenvalue weighted by Crippen LogP contribution is -2.49. The van der Waals surface area contributed by atoms with Gasteiger partial charge in [-0.05, 0) is 62.6 Å². The molecule has 1 amide bonds. The number of aryl methyl sites for hydroxylation is 1. The van der Waals surface area contributed by atoms with Gasteiger partial charge in [-0.3, -0.25) is 4.90 Å². The molecule has 1 fully saturated rings. The number of likely N-dealkylation sites (tertiary alicyclic amines) is 1. The Hall–Kier alpha value is -4.02. The second kappa shape index (κ2) is 15.7. The summed E-state index contributed by atoms with van der Waals surface area (Å²) in [5.74, 6) is 2.70. The molecule has 226 valence electrons. The molecule has 1 aliphatic rings. The second-order valence-electron chi connectivity index (χ2n) is 9.45. The van der Waals surface area contributed by atoms with E-state index in [0.717, 1.165) is 37.7 Å². The lowest BCUT2D eigenvalue weighted by atomic mass is 10.0. The summed E-state index contributed by atoms with van der Waals surface area (Å²) in [5.41, 5.74) is 1.07. The van der Waals surface area contributed by atoms with Crippen LogP contribution in [0.15, 0.2) is 24.3 Å². The molecular weight excluding hydrogens is 534 g/mol. The van der Waals surface area contributed by atoms with E-state index in [4.69, 9.17) is 37.9 Å². The molecule has 1 unspecified atom stereocenters. The van der Waals surface area contributed by atoms with Crippen molar-refractivity contribution in [3.8, 4) is 40.2 Å². The van der Waals surface area contributed by atoms with Gasteiger partial charge in [0.05, 0.1) is 49.3 Å². The van der Waals surface area contributed by atoms with E-state index in [0.29, 0.717) is 53.9 Å². The van der Waals surface area contributed by atoms with E-state index in [1.54, 1.807) is 21.3 Å². The molecule has 0 N–H and O–H groups in total. The van der Waals surface area contributed by atoms with Crippen LogP contribution in [0.4, 0.5) is 4.79 Å². The summed E-state index contributed by atoms with van der Waals surface area (Å²) in [6, 6.07) is 6.26. The van der Waals surface area contributed by atoms with Gasteiger partial charge in [0.1, 0.15) is 11.8 Å². The van der Waals surface area contributed by atoms with Crippen molar-refractivity contribution in [3.05, 3.63) is 29.8 Å². The lowest BCUT2D eigenvalue weighted by molar-refractivity contribution is -0.150. The average molecular weight is 576 g/mol. The summed E-state index contributed by atoms with van der Waals surface area (Å²) in [4.78, 5) is 27.4. The minimum Gasteiger partial charge on any atom is -0.493 e. The Kier molecular flexibility index (Phi) is 12.1. The Labute approximate surface area is 241 Å². The van der Waals surface area contributed by atoms with Crippen LogP contribution in [0, 0.1) is 0 Å². The molecule has 2 aromatic carbocycles. The molecule has 1 aliphatic heterocycles. The summed E-state index contributed by atoms with van der Waals surface area (Å²) in [7, 11) is 9.21. The van der Waals surface area contributed by atoms with Gasteiger partial charge in [-0.15, -0.1) is 0 Å². The van der Waals surface area contributed by atoms with Gasteiger partial charge < -0.3 is 37.9 Å². The minimum atomic E-state index is -0.697. The number of ether oxygens (including phenoxy) is 8. The normalized spacial score (nSPS) is 14.6. The number of piperidine rings is 1. The number of hydrogen-bond donors (Lipinski definition) is 0. The van der Waals surface area contributed by atoms with Gasteiger partial charge in [-0.25, -0.2) is 9.59 Å². The third kappa shape index (κ3) is 8.02. The first-order valence-electron chi connectivity index (χ1n) is 13.6. The van der Waals surface area contributed by atoms with Crippen LogP contribution in [0.2, 0.25) is 0 Å². The van der Waals surface area contributed by atoms with Crippen molar-refractivity contribution in [3.63, 3.8) is 0 Å². The van der Waals surface area contributed by atoms with Crippen LogP contribution in [0.25, 0.3) is 0 Å². The van der Waals surface area contributed by atoms with Crippen LogP contribution in [-0.4, -0.2) is 78.8 Å². The number of unbranched alkanes of at least 4 members (excludes halogenated alkanes) is 2. The highest BCUT2D eigenvalue weighted by Crippen LogP contribution is 2.41.